The highest BCUT2D eigenvalue weighted by atomic mass is 32.2. The number of sulfonamides is 1. The van der Waals surface area contributed by atoms with Crippen molar-refractivity contribution in [1.29, 1.82) is 0 Å². The lowest BCUT2D eigenvalue weighted by Crippen LogP contribution is -2.53. The van der Waals surface area contributed by atoms with Gasteiger partial charge in [-0.1, -0.05) is 42.5 Å². The van der Waals surface area contributed by atoms with Crippen molar-refractivity contribution in [3.8, 4) is 0 Å². The molecule has 4 rings (SSSR count). The first kappa shape index (κ1) is 24.4. The Bertz CT molecular complexity index is 1180. The van der Waals surface area contributed by atoms with Gasteiger partial charge in [-0.15, -0.1) is 0 Å². The van der Waals surface area contributed by atoms with Crippen molar-refractivity contribution in [2.75, 3.05) is 32.8 Å². The van der Waals surface area contributed by atoms with Gasteiger partial charge in [0.05, 0.1) is 11.6 Å². The Kier molecular flexibility index (Phi) is 6.80. The van der Waals surface area contributed by atoms with Gasteiger partial charge < -0.3 is 5.32 Å². The molecular formula is C25H32N4O4S. The number of amides is 3. The molecule has 0 radical (unpaired) electrons. The number of urea groups is 1. The molecule has 2 fully saturated rings. The monoisotopic (exact) mass is 484 g/mol. The lowest BCUT2D eigenvalue weighted by Gasteiger charge is -2.35. The molecular weight excluding hydrogens is 452 g/mol. The predicted molar refractivity (Wildman–Crippen MR) is 130 cm³/mol. The van der Waals surface area contributed by atoms with E-state index in [1.807, 2.05) is 54.3 Å². The van der Waals surface area contributed by atoms with E-state index in [0.717, 1.165) is 16.7 Å². The molecule has 1 atom stereocenters. The summed E-state index contributed by atoms with van der Waals surface area (Å²) in [7, 11) is -3.59. The second-order valence-corrected chi connectivity index (χ2v) is 11.3. The van der Waals surface area contributed by atoms with Crippen molar-refractivity contribution in [1.82, 2.24) is 19.4 Å². The molecule has 2 heterocycles. The van der Waals surface area contributed by atoms with E-state index in [4.69, 9.17) is 0 Å². The van der Waals surface area contributed by atoms with Crippen LogP contribution in [0.1, 0.15) is 30.0 Å². The molecule has 0 saturated carbocycles. The number of hydrogen-bond donors (Lipinski definition) is 1. The second kappa shape index (κ2) is 9.48. The third-order valence-corrected chi connectivity index (χ3v) is 8.78. The predicted octanol–water partition coefficient (Wildman–Crippen LogP) is 2.51. The van der Waals surface area contributed by atoms with Gasteiger partial charge in [0.2, 0.25) is 10.0 Å². The summed E-state index contributed by atoms with van der Waals surface area (Å²) in [6, 6.07) is 14.9. The fraction of sp³-hybridized carbons (Fsp3) is 0.440. The third-order valence-electron chi connectivity index (χ3n) is 6.74. The lowest BCUT2D eigenvalue weighted by molar-refractivity contribution is -0.132. The summed E-state index contributed by atoms with van der Waals surface area (Å²) in [6.45, 7) is 7.12. The Labute approximate surface area is 201 Å². The van der Waals surface area contributed by atoms with E-state index in [1.165, 1.54) is 9.21 Å². The number of piperazine rings is 1. The Morgan fingerprint density at radius 1 is 0.971 bits per heavy atom. The average molecular weight is 485 g/mol. The van der Waals surface area contributed by atoms with Crippen molar-refractivity contribution in [2.45, 2.75) is 44.0 Å². The van der Waals surface area contributed by atoms with Crippen molar-refractivity contribution in [3.63, 3.8) is 0 Å². The summed E-state index contributed by atoms with van der Waals surface area (Å²) in [5.41, 5.74) is 1.80. The van der Waals surface area contributed by atoms with Crippen molar-refractivity contribution >= 4 is 22.0 Å². The third kappa shape index (κ3) is 4.87. The number of nitrogens with one attached hydrogen (secondary N) is 1. The van der Waals surface area contributed by atoms with E-state index in [1.54, 1.807) is 19.9 Å². The number of carbonyl (C=O) groups excluding carboxylic acids is 2. The average Bonchev–Trinajstić information content (AvgIpc) is 3.03. The molecule has 1 unspecified atom stereocenters. The minimum atomic E-state index is -3.59. The Hall–Kier alpha value is -2.75. The first-order chi connectivity index (χ1) is 16.1. The van der Waals surface area contributed by atoms with Gasteiger partial charge in [0.1, 0.15) is 5.54 Å². The molecule has 0 bridgehead atoms. The molecule has 34 heavy (non-hydrogen) atoms. The molecule has 8 nitrogen and oxygen atoms in total. The highest BCUT2D eigenvalue weighted by Gasteiger charge is 2.48. The van der Waals surface area contributed by atoms with Crippen molar-refractivity contribution in [3.05, 3.63) is 65.2 Å². The lowest BCUT2D eigenvalue weighted by atomic mass is 9.93. The van der Waals surface area contributed by atoms with Crippen LogP contribution in [-0.2, 0) is 21.2 Å². The quantitative estimate of drug-likeness (QED) is 0.610. The number of hydrogen-bond acceptors (Lipinski definition) is 5. The number of aryl methyl sites for hydroxylation is 3. The molecule has 3 amide bonds. The number of benzene rings is 2. The zero-order chi connectivity index (χ0) is 24.5. The molecule has 0 spiro atoms. The number of rotatable bonds is 7. The van der Waals surface area contributed by atoms with E-state index in [9.17, 15) is 18.0 Å². The maximum absolute atomic E-state index is 13.2. The van der Waals surface area contributed by atoms with Gasteiger partial charge in [-0.3, -0.25) is 9.69 Å². The van der Waals surface area contributed by atoms with Crippen LogP contribution >= 0.6 is 0 Å². The Morgan fingerprint density at radius 2 is 1.65 bits per heavy atom. The SMILES string of the molecule is Cc1ccc(C)c(S(=O)(=O)N2CCN(CN3C(=O)NC(C)(CCc4ccccc4)C3=O)CC2)c1. The van der Waals surface area contributed by atoms with Crippen LogP contribution in [0.2, 0.25) is 0 Å². The Balaban J connectivity index is 1.36. The van der Waals surface area contributed by atoms with Crippen LogP contribution in [0.5, 0.6) is 0 Å². The van der Waals surface area contributed by atoms with E-state index in [2.05, 4.69) is 5.32 Å². The van der Waals surface area contributed by atoms with Gasteiger partial charge in [-0.25, -0.2) is 18.1 Å². The minimum Gasteiger partial charge on any atom is -0.323 e. The number of imide groups is 1. The van der Waals surface area contributed by atoms with Crippen LogP contribution in [0.25, 0.3) is 0 Å². The molecule has 1 N–H and O–H groups in total. The zero-order valence-corrected chi connectivity index (χ0v) is 20.8. The summed E-state index contributed by atoms with van der Waals surface area (Å²) in [5, 5.41) is 2.86. The van der Waals surface area contributed by atoms with Crippen LogP contribution in [0.4, 0.5) is 4.79 Å². The Morgan fingerprint density at radius 3 is 2.32 bits per heavy atom. The molecule has 2 aromatic rings. The van der Waals surface area contributed by atoms with Gasteiger partial charge in [-0.05, 0) is 56.4 Å². The first-order valence-electron chi connectivity index (χ1n) is 11.6. The summed E-state index contributed by atoms with van der Waals surface area (Å²) < 4.78 is 27.8. The zero-order valence-electron chi connectivity index (χ0n) is 20.0. The fourth-order valence-corrected chi connectivity index (χ4v) is 6.25. The summed E-state index contributed by atoms with van der Waals surface area (Å²) in [4.78, 5) is 29.3. The van der Waals surface area contributed by atoms with Gasteiger partial charge in [-0.2, -0.15) is 4.31 Å². The molecule has 2 aliphatic heterocycles. The smallest absolute Gasteiger partial charge is 0.323 e. The van der Waals surface area contributed by atoms with Crippen LogP contribution in [0.3, 0.4) is 0 Å². The highest BCUT2D eigenvalue weighted by Crippen LogP contribution is 2.25. The van der Waals surface area contributed by atoms with Crippen molar-refractivity contribution < 1.29 is 18.0 Å². The molecule has 0 aromatic heterocycles. The van der Waals surface area contributed by atoms with Gasteiger partial charge in [0.25, 0.3) is 5.91 Å². The van der Waals surface area contributed by atoms with E-state index in [0.29, 0.717) is 43.9 Å². The van der Waals surface area contributed by atoms with Crippen LogP contribution in [-0.4, -0.2) is 72.8 Å². The van der Waals surface area contributed by atoms with Gasteiger partial charge >= 0.3 is 6.03 Å². The largest absolute Gasteiger partial charge is 0.326 e. The molecule has 2 aliphatic rings. The minimum absolute atomic E-state index is 0.156. The molecule has 9 heteroatoms. The van der Waals surface area contributed by atoms with E-state index in [-0.39, 0.29) is 12.6 Å². The van der Waals surface area contributed by atoms with Crippen LogP contribution < -0.4 is 5.32 Å². The van der Waals surface area contributed by atoms with Gasteiger partial charge in [0, 0.05) is 26.2 Å². The normalized spacial score (nSPS) is 22.3. The maximum atomic E-state index is 13.2. The first-order valence-corrected chi connectivity index (χ1v) is 13.0. The van der Waals surface area contributed by atoms with E-state index >= 15 is 0 Å². The highest BCUT2D eigenvalue weighted by molar-refractivity contribution is 7.89. The number of nitrogens with zero attached hydrogens (tertiary/aromatic N) is 3. The maximum Gasteiger partial charge on any atom is 0.326 e. The summed E-state index contributed by atoms with van der Waals surface area (Å²) >= 11 is 0. The topological polar surface area (TPSA) is 90.0 Å². The molecule has 2 saturated heterocycles. The standard InChI is InChI=1S/C25H32N4O4S/c1-19-9-10-20(2)22(17-19)34(32,33)28-15-13-27(14-16-28)18-29-23(30)25(3,26-24(29)31)12-11-21-7-5-4-6-8-21/h4-10,17H,11-16,18H2,1-3H3,(H,26,31). The van der Waals surface area contributed by atoms with Crippen LogP contribution in [0, 0.1) is 13.8 Å². The van der Waals surface area contributed by atoms with Gasteiger partial charge in [0.15, 0.2) is 0 Å². The molecule has 0 aliphatic carbocycles. The molecule has 182 valence electrons. The fourth-order valence-electron chi connectivity index (χ4n) is 4.52. The number of carbonyl (C=O) groups is 2. The summed E-state index contributed by atoms with van der Waals surface area (Å²) in [6.07, 6.45) is 1.20. The molecule has 2 aromatic carbocycles. The second-order valence-electron chi connectivity index (χ2n) is 9.41. The summed E-state index contributed by atoms with van der Waals surface area (Å²) in [5.74, 6) is -0.237. The van der Waals surface area contributed by atoms with E-state index < -0.39 is 21.6 Å². The van der Waals surface area contributed by atoms with Crippen molar-refractivity contribution in [2.24, 2.45) is 0 Å². The van der Waals surface area contributed by atoms with Crippen LogP contribution in [0.15, 0.2) is 53.4 Å².